The molecule has 0 saturated carbocycles. The van der Waals surface area contributed by atoms with Crippen molar-refractivity contribution in [3.05, 3.63) is 107 Å². The highest BCUT2D eigenvalue weighted by molar-refractivity contribution is 5.85. The van der Waals surface area contributed by atoms with Crippen LogP contribution in [0.5, 0.6) is 0 Å². The second-order valence-electron chi connectivity index (χ2n) is 6.43. The Bertz CT molecular complexity index is 1130. The van der Waals surface area contributed by atoms with Crippen LogP contribution in [0.3, 0.4) is 0 Å². The molecule has 2 heterocycles. The average Bonchev–Trinajstić information content (AvgIpc) is 3.17. The van der Waals surface area contributed by atoms with Crippen molar-refractivity contribution in [1.82, 2.24) is 0 Å². The normalized spacial score (nSPS) is 18.9. The summed E-state index contributed by atoms with van der Waals surface area (Å²) in [6, 6.07) is 23.0. The van der Waals surface area contributed by atoms with E-state index in [2.05, 4.69) is 78.0 Å². The maximum Gasteiger partial charge on any atom is 0.245 e. The summed E-state index contributed by atoms with van der Waals surface area (Å²) >= 11 is 0. The Morgan fingerprint density at radius 1 is 0.960 bits per heavy atom. The maximum atomic E-state index is 9.35. The number of pyridine rings is 1. The van der Waals surface area contributed by atoms with Crippen LogP contribution in [-0.4, -0.2) is 0 Å². The van der Waals surface area contributed by atoms with Crippen LogP contribution in [-0.2, 0) is 5.54 Å². The minimum atomic E-state index is -0.405. The largest absolute Gasteiger partial charge is 0.245 e. The van der Waals surface area contributed by atoms with E-state index in [0.717, 1.165) is 16.8 Å². The van der Waals surface area contributed by atoms with Crippen LogP contribution in [0.4, 0.5) is 0 Å². The van der Waals surface area contributed by atoms with Crippen molar-refractivity contribution >= 4 is 6.08 Å². The highest BCUT2D eigenvalue weighted by atomic mass is 15.1. The van der Waals surface area contributed by atoms with E-state index in [1.54, 1.807) is 0 Å². The molecule has 2 heteroatoms. The summed E-state index contributed by atoms with van der Waals surface area (Å²) in [6.07, 6.45) is 6.29. The standard InChI is InChI=1S/C23H15N2/c1-2-17-14-18-7-5-6-12-25(18)23(17)21-9-4-3-8-19(21)20-13-16(15-24)10-11-22(20)23/h2-14H,1H2/q+1. The zero-order valence-corrected chi connectivity index (χ0v) is 13.6. The van der Waals surface area contributed by atoms with Gasteiger partial charge in [-0.2, -0.15) is 9.83 Å². The van der Waals surface area contributed by atoms with E-state index in [1.807, 2.05) is 18.2 Å². The van der Waals surface area contributed by atoms with E-state index in [1.165, 1.54) is 16.7 Å². The first-order valence-electron chi connectivity index (χ1n) is 8.31. The van der Waals surface area contributed by atoms with Gasteiger partial charge in [-0.3, -0.25) is 0 Å². The van der Waals surface area contributed by atoms with E-state index in [9.17, 15) is 5.26 Å². The van der Waals surface area contributed by atoms with Crippen molar-refractivity contribution in [2.24, 2.45) is 0 Å². The van der Waals surface area contributed by atoms with E-state index < -0.39 is 5.54 Å². The number of fused-ring (bicyclic) bond motifs is 7. The molecule has 1 aromatic heterocycles. The Balaban J connectivity index is 1.98. The SMILES string of the molecule is C=CC1=Cc2cccc[n+]2C12c1ccccc1-c1cc(C#N)ccc12. The lowest BCUT2D eigenvalue weighted by molar-refractivity contribution is -0.730. The molecule has 2 nitrogen and oxygen atoms in total. The maximum absolute atomic E-state index is 9.35. The molecule has 1 spiro atoms. The predicted octanol–water partition coefficient (Wildman–Crippen LogP) is 4.20. The number of rotatable bonds is 1. The van der Waals surface area contributed by atoms with Crippen molar-refractivity contribution < 1.29 is 4.57 Å². The molecule has 0 bridgehead atoms. The van der Waals surface area contributed by atoms with Crippen LogP contribution < -0.4 is 4.57 Å². The van der Waals surface area contributed by atoms with Gasteiger partial charge in [0, 0.05) is 34.9 Å². The van der Waals surface area contributed by atoms with Gasteiger partial charge >= 0.3 is 0 Å². The lowest BCUT2D eigenvalue weighted by atomic mass is 9.81. The summed E-state index contributed by atoms with van der Waals surface area (Å²) in [5.41, 5.74) is 7.36. The van der Waals surface area contributed by atoms with Gasteiger partial charge in [-0.15, -0.1) is 0 Å². The number of aromatic nitrogens is 1. The second-order valence-corrected chi connectivity index (χ2v) is 6.43. The monoisotopic (exact) mass is 319 g/mol. The van der Waals surface area contributed by atoms with Gasteiger partial charge < -0.3 is 0 Å². The lowest BCUT2D eigenvalue weighted by Crippen LogP contribution is -2.56. The fourth-order valence-corrected chi connectivity index (χ4v) is 4.39. The predicted molar refractivity (Wildman–Crippen MR) is 97.6 cm³/mol. The van der Waals surface area contributed by atoms with Gasteiger partial charge in [0.05, 0.1) is 11.6 Å². The molecule has 0 amide bonds. The van der Waals surface area contributed by atoms with Gasteiger partial charge in [0.1, 0.15) is 0 Å². The number of benzene rings is 2. The van der Waals surface area contributed by atoms with Gasteiger partial charge in [0.25, 0.3) is 0 Å². The third-order valence-electron chi connectivity index (χ3n) is 5.34. The smallest absolute Gasteiger partial charge is 0.192 e. The summed E-state index contributed by atoms with van der Waals surface area (Å²) in [5.74, 6) is 0. The first kappa shape index (κ1) is 13.9. The third kappa shape index (κ3) is 1.55. The summed E-state index contributed by atoms with van der Waals surface area (Å²) in [7, 11) is 0. The minimum absolute atomic E-state index is 0.405. The van der Waals surface area contributed by atoms with Crippen molar-refractivity contribution in [2.75, 3.05) is 0 Å². The Morgan fingerprint density at radius 2 is 1.76 bits per heavy atom. The molecule has 1 aliphatic heterocycles. The van der Waals surface area contributed by atoms with Gasteiger partial charge in [0.15, 0.2) is 6.20 Å². The lowest BCUT2D eigenvalue weighted by Gasteiger charge is -2.24. The van der Waals surface area contributed by atoms with E-state index in [0.29, 0.717) is 5.56 Å². The second kappa shape index (κ2) is 4.78. The van der Waals surface area contributed by atoms with Gasteiger partial charge in [-0.1, -0.05) is 36.9 Å². The van der Waals surface area contributed by atoms with Gasteiger partial charge in [-0.05, 0) is 35.4 Å². The van der Waals surface area contributed by atoms with Crippen molar-refractivity contribution in [3.8, 4) is 17.2 Å². The number of hydrogen-bond donors (Lipinski definition) is 0. The molecule has 5 rings (SSSR count). The highest BCUT2D eigenvalue weighted by Gasteiger charge is 2.56. The molecule has 0 saturated heterocycles. The van der Waals surface area contributed by atoms with Gasteiger partial charge in [-0.25, -0.2) is 0 Å². The van der Waals surface area contributed by atoms with E-state index >= 15 is 0 Å². The number of allylic oxidation sites excluding steroid dienone is 2. The third-order valence-corrected chi connectivity index (χ3v) is 5.34. The molecule has 25 heavy (non-hydrogen) atoms. The highest BCUT2D eigenvalue weighted by Crippen LogP contribution is 2.53. The quantitative estimate of drug-likeness (QED) is 0.618. The van der Waals surface area contributed by atoms with Crippen LogP contribution in [0.1, 0.15) is 22.4 Å². The Morgan fingerprint density at radius 3 is 2.60 bits per heavy atom. The van der Waals surface area contributed by atoms with Crippen LogP contribution in [0.15, 0.2) is 85.1 Å². The summed E-state index contributed by atoms with van der Waals surface area (Å²) in [4.78, 5) is 0. The zero-order chi connectivity index (χ0) is 17.0. The Hall–Kier alpha value is -3.44. The van der Waals surface area contributed by atoms with Crippen LogP contribution in [0.25, 0.3) is 17.2 Å². The zero-order valence-electron chi connectivity index (χ0n) is 13.6. The molecule has 0 N–H and O–H groups in total. The molecule has 0 radical (unpaired) electrons. The van der Waals surface area contributed by atoms with E-state index in [-0.39, 0.29) is 0 Å². The first-order valence-corrected chi connectivity index (χ1v) is 8.31. The Labute approximate surface area is 146 Å². The molecule has 1 atom stereocenters. The minimum Gasteiger partial charge on any atom is -0.192 e. The molecule has 1 aliphatic carbocycles. The van der Waals surface area contributed by atoms with E-state index in [4.69, 9.17) is 0 Å². The molecule has 0 fully saturated rings. The summed E-state index contributed by atoms with van der Waals surface area (Å²) in [5, 5.41) is 9.35. The molecule has 1 unspecified atom stereocenters. The Kier molecular flexibility index (Phi) is 2.67. The van der Waals surface area contributed by atoms with Crippen molar-refractivity contribution in [3.63, 3.8) is 0 Å². The molecule has 116 valence electrons. The van der Waals surface area contributed by atoms with Crippen molar-refractivity contribution in [1.29, 1.82) is 5.26 Å². The molecule has 2 aromatic carbocycles. The number of hydrogen-bond acceptors (Lipinski definition) is 1. The van der Waals surface area contributed by atoms with Crippen LogP contribution in [0.2, 0.25) is 0 Å². The van der Waals surface area contributed by atoms with Crippen LogP contribution in [0, 0.1) is 11.3 Å². The number of nitriles is 1. The molecular formula is C23H15N2+. The first-order chi connectivity index (χ1) is 12.3. The fourth-order valence-electron chi connectivity index (χ4n) is 4.39. The van der Waals surface area contributed by atoms with Crippen molar-refractivity contribution in [2.45, 2.75) is 5.54 Å². The molecule has 3 aromatic rings. The average molecular weight is 319 g/mol. The van der Waals surface area contributed by atoms with Crippen LogP contribution >= 0.6 is 0 Å². The molecular weight excluding hydrogens is 304 g/mol. The summed E-state index contributed by atoms with van der Waals surface area (Å²) < 4.78 is 2.32. The fraction of sp³-hybridized carbons (Fsp3) is 0.0435. The summed E-state index contributed by atoms with van der Waals surface area (Å²) in [6.45, 7) is 4.09. The van der Waals surface area contributed by atoms with Gasteiger partial charge in [0.2, 0.25) is 11.2 Å². The topological polar surface area (TPSA) is 27.7 Å². The number of nitrogens with zero attached hydrogens (tertiary/aromatic N) is 2. The molecule has 2 aliphatic rings.